The lowest BCUT2D eigenvalue weighted by Crippen LogP contribution is -2.42. The molecule has 0 aromatic carbocycles. The normalized spacial score (nSPS) is 25.3. The fourth-order valence-corrected chi connectivity index (χ4v) is 3.15. The highest BCUT2D eigenvalue weighted by Gasteiger charge is 2.34. The maximum Gasteiger partial charge on any atom is 0.410 e. The van der Waals surface area contributed by atoms with Gasteiger partial charge in [-0.15, -0.1) is 0 Å². The van der Waals surface area contributed by atoms with Crippen molar-refractivity contribution < 1.29 is 9.53 Å². The van der Waals surface area contributed by atoms with Gasteiger partial charge in [0, 0.05) is 24.6 Å². The standard InChI is InChI=1S/C11H19NO2S/c1-11(4-2-3-5-11)14-10(13)12-6-8-15-9-7-12/h2-9H2,1H3. The van der Waals surface area contributed by atoms with Gasteiger partial charge in [0.2, 0.25) is 0 Å². The summed E-state index contributed by atoms with van der Waals surface area (Å²) in [6, 6.07) is 0. The molecule has 1 saturated carbocycles. The van der Waals surface area contributed by atoms with Crippen LogP contribution in [-0.2, 0) is 4.74 Å². The first-order valence-electron chi connectivity index (χ1n) is 5.75. The van der Waals surface area contributed by atoms with Gasteiger partial charge in [0.1, 0.15) is 5.60 Å². The molecular formula is C11H19NO2S. The van der Waals surface area contributed by atoms with Gasteiger partial charge in [-0.3, -0.25) is 0 Å². The zero-order valence-electron chi connectivity index (χ0n) is 9.33. The molecule has 0 bridgehead atoms. The van der Waals surface area contributed by atoms with Gasteiger partial charge in [-0.05, 0) is 32.6 Å². The van der Waals surface area contributed by atoms with Crippen LogP contribution >= 0.6 is 11.8 Å². The van der Waals surface area contributed by atoms with Gasteiger partial charge in [-0.2, -0.15) is 11.8 Å². The van der Waals surface area contributed by atoms with Crippen LogP contribution in [-0.4, -0.2) is 41.2 Å². The molecule has 0 aromatic heterocycles. The minimum Gasteiger partial charge on any atom is -0.443 e. The summed E-state index contributed by atoms with van der Waals surface area (Å²) in [7, 11) is 0. The molecule has 4 heteroatoms. The molecule has 0 unspecified atom stereocenters. The zero-order valence-corrected chi connectivity index (χ0v) is 10.1. The van der Waals surface area contributed by atoms with Crippen LogP contribution in [0.15, 0.2) is 0 Å². The number of carbonyl (C=O) groups excluding carboxylic acids is 1. The highest BCUT2D eigenvalue weighted by molar-refractivity contribution is 7.99. The number of ether oxygens (including phenoxy) is 1. The first-order valence-corrected chi connectivity index (χ1v) is 6.91. The molecule has 0 N–H and O–H groups in total. The number of nitrogens with zero attached hydrogens (tertiary/aromatic N) is 1. The molecule has 1 amide bonds. The van der Waals surface area contributed by atoms with E-state index in [9.17, 15) is 4.79 Å². The molecule has 1 aliphatic heterocycles. The van der Waals surface area contributed by atoms with E-state index in [-0.39, 0.29) is 11.7 Å². The van der Waals surface area contributed by atoms with Gasteiger partial charge in [0.25, 0.3) is 0 Å². The van der Waals surface area contributed by atoms with Gasteiger partial charge in [-0.1, -0.05) is 0 Å². The average molecular weight is 229 g/mol. The van der Waals surface area contributed by atoms with E-state index < -0.39 is 0 Å². The van der Waals surface area contributed by atoms with Crippen LogP contribution in [0.4, 0.5) is 4.79 Å². The highest BCUT2D eigenvalue weighted by atomic mass is 32.2. The number of thioether (sulfide) groups is 1. The van der Waals surface area contributed by atoms with Crippen LogP contribution < -0.4 is 0 Å². The SMILES string of the molecule is CC1(OC(=O)N2CCSCC2)CCCC1. The summed E-state index contributed by atoms with van der Waals surface area (Å²) in [6.45, 7) is 3.76. The lowest BCUT2D eigenvalue weighted by atomic mass is 10.1. The molecule has 1 heterocycles. The topological polar surface area (TPSA) is 29.5 Å². The third-order valence-electron chi connectivity index (χ3n) is 3.26. The lowest BCUT2D eigenvalue weighted by molar-refractivity contribution is 0.00801. The predicted molar refractivity (Wildman–Crippen MR) is 62.3 cm³/mol. The van der Waals surface area contributed by atoms with E-state index in [0.29, 0.717) is 0 Å². The highest BCUT2D eigenvalue weighted by Crippen LogP contribution is 2.33. The van der Waals surface area contributed by atoms with Crippen LogP contribution in [0.3, 0.4) is 0 Å². The zero-order chi connectivity index (χ0) is 10.7. The summed E-state index contributed by atoms with van der Waals surface area (Å²) < 4.78 is 5.62. The second kappa shape index (κ2) is 4.64. The molecule has 86 valence electrons. The van der Waals surface area contributed by atoms with E-state index in [1.165, 1.54) is 12.8 Å². The van der Waals surface area contributed by atoms with Crippen LogP contribution in [0.2, 0.25) is 0 Å². The van der Waals surface area contributed by atoms with Crippen molar-refractivity contribution in [3.8, 4) is 0 Å². The van der Waals surface area contributed by atoms with Crippen LogP contribution in [0.25, 0.3) is 0 Å². The molecule has 15 heavy (non-hydrogen) atoms. The Morgan fingerprint density at radius 1 is 1.27 bits per heavy atom. The summed E-state index contributed by atoms with van der Waals surface area (Å²) in [4.78, 5) is 13.7. The molecule has 0 spiro atoms. The summed E-state index contributed by atoms with van der Waals surface area (Å²) in [5.41, 5.74) is -0.179. The number of carbonyl (C=O) groups is 1. The second-order valence-electron chi connectivity index (χ2n) is 4.62. The third-order valence-corrected chi connectivity index (χ3v) is 4.21. The number of amides is 1. The van der Waals surface area contributed by atoms with Crippen molar-refractivity contribution in [2.75, 3.05) is 24.6 Å². The summed E-state index contributed by atoms with van der Waals surface area (Å²) in [5, 5.41) is 0. The molecule has 0 aromatic rings. The van der Waals surface area contributed by atoms with Crippen molar-refractivity contribution in [1.29, 1.82) is 0 Å². The third kappa shape index (κ3) is 2.80. The van der Waals surface area contributed by atoms with Crippen molar-refractivity contribution in [1.82, 2.24) is 4.90 Å². The minimum absolute atomic E-state index is 0.0975. The van der Waals surface area contributed by atoms with E-state index in [2.05, 4.69) is 6.92 Å². The number of hydrogen-bond donors (Lipinski definition) is 0. The Kier molecular flexibility index (Phi) is 3.44. The van der Waals surface area contributed by atoms with Crippen LogP contribution in [0.5, 0.6) is 0 Å². The molecule has 2 rings (SSSR count). The summed E-state index contributed by atoms with van der Waals surface area (Å²) >= 11 is 1.91. The maximum atomic E-state index is 11.9. The Balaban J connectivity index is 1.85. The Morgan fingerprint density at radius 3 is 2.47 bits per heavy atom. The quantitative estimate of drug-likeness (QED) is 0.692. The van der Waals surface area contributed by atoms with Gasteiger partial charge < -0.3 is 9.64 Å². The largest absolute Gasteiger partial charge is 0.443 e. The molecule has 0 radical (unpaired) electrons. The number of rotatable bonds is 1. The van der Waals surface area contributed by atoms with E-state index in [1.54, 1.807) is 0 Å². The summed E-state index contributed by atoms with van der Waals surface area (Å²) in [6.07, 6.45) is 4.35. The molecule has 1 saturated heterocycles. The fraction of sp³-hybridized carbons (Fsp3) is 0.909. The molecular weight excluding hydrogens is 210 g/mol. The Bertz CT molecular complexity index is 233. The van der Waals surface area contributed by atoms with E-state index in [4.69, 9.17) is 4.74 Å². The smallest absolute Gasteiger partial charge is 0.410 e. The second-order valence-corrected chi connectivity index (χ2v) is 5.85. The van der Waals surface area contributed by atoms with Crippen LogP contribution in [0.1, 0.15) is 32.6 Å². The molecule has 2 fully saturated rings. The van der Waals surface area contributed by atoms with E-state index in [0.717, 1.165) is 37.4 Å². The van der Waals surface area contributed by atoms with Crippen LogP contribution in [0, 0.1) is 0 Å². The average Bonchev–Trinajstić information content (AvgIpc) is 2.66. The number of hydrogen-bond acceptors (Lipinski definition) is 3. The fourth-order valence-electron chi connectivity index (χ4n) is 2.25. The summed E-state index contributed by atoms with van der Waals surface area (Å²) in [5.74, 6) is 2.09. The van der Waals surface area contributed by atoms with Crippen molar-refractivity contribution in [2.45, 2.75) is 38.2 Å². The van der Waals surface area contributed by atoms with E-state index >= 15 is 0 Å². The van der Waals surface area contributed by atoms with Crippen molar-refractivity contribution in [3.63, 3.8) is 0 Å². The first kappa shape index (κ1) is 11.1. The van der Waals surface area contributed by atoms with Crippen molar-refractivity contribution in [2.24, 2.45) is 0 Å². The van der Waals surface area contributed by atoms with Gasteiger partial charge in [0.05, 0.1) is 0 Å². The Labute approximate surface area is 95.5 Å². The lowest BCUT2D eigenvalue weighted by Gasteiger charge is -2.31. The Hall–Kier alpha value is -0.380. The van der Waals surface area contributed by atoms with Gasteiger partial charge >= 0.3 is 6.09 Å². The Morgan fingerprint density at radius 2 is 1.87 bits per heavy atom. The van der Waals surface area contributed by atoms with Gasteiger partial charge in [-0.25, -0.2) is 4.79 Å². The van der Waals surface area contributed by atoms with E-state index in [1.807, 2.05) is 16.7 Å². The van der Waals surface area contributed by atoms with Crippen molar-refractivity contribution in [3.05, 3.63) is 0 Å². The molecule has 2 aliphatic rings. The monoisotopic (exact) mass is 229 g/mol. The minimum atomic E-state index is -0.179. The molecule has 1 aliphatic carbocycles. The maximum absolute atomic E-state index is 11.9. The van der Waals surface area contributed by atoms with Gasteiger partial charge in [0.15, 0.2) is 0 Å². The van der Waals surface area contributed by atoms with Crippen molar-refractivity contribution >= 4 is 17.9 Å². The molecule has 3 nitrogen and oxygen atoms in total. The molecule has 0 atom stereocenters. The predicted octanol–water partition coefficient (Wildman–Crippen LogP) is 2.50. The first-order chi connectivity index (χ1) is 7.20.